The van der Waals surface area contributed by atoms with Crippen LogP contribution in [0.5, 0.6) is 0 Å². The number of rotatable bonds is 4. The second-order valence-corrected chi connectivity index (χ2v) is 4.56. The first-order valence-corrected chi connectivity index (χ1v) is 6.10. The number of benzene rings is 2. The van der Waals surface area contributed by atoms with Crippen LogP contribution in [-0.4, -0.2) is 6.41 Å². The van der Waals surface area contributed by atoms with Gasteiger partial charge in [0.15, 0.2) is 0 Å². The molecule has 0 aliphatic rings. The minimum Gasteiger partial charge on any atom is -0.311 e. The van der Waals surface area contributed by atoms with Crippen LogP contribution in [0.15, 0.2) is 48.5 Å². The van der Waals surface area contributed by atoms with E-state index in [1.54, 1.807) is 4.90 Å². The molecule has 0 aliphatic heterocycles. The van der Waals surface area contributed by atoms with Crippen molar-refractivity contribution in [3.8, 4) is 0 Å². The highest BCUT2D eigenvalue weighted by Crippen LogP contribution is 2.22. The molecule has 2 aromatic rings. The SMILES string of the molecule is Cc1cc(N(C=O)Cc2ccccc2)ccc1Cl. The first-order valence-electron chi connectivity index (χ1n) is 5.72. The third-order valence-corrected chi connectivity index (χ3v) is 3.22. The van der Waals surface area contributed by atoms with E-state index in [-0.39, 0.29) is 0 Å². The van der Waals surface area contributed by atoms with Gasteiger partial charge in [-0.1, -0.05) is 41.9 Å². The Hall–Kier alpha value is -1.80. The van der Waals surface area contributed by atoms with Crippen LogP contribution in [0, 0.1) is 6.92 Å². The predicted molar refractivity (Wildman–Crippen MR) is 74.9 cm³/mol. The van der Waals surface area contributed by atoms with Gasteiger partial charge in [-0.25, -0.2) is 0 Å². The summed E-state index contributed by atoms with van der Waals surface area (Å²) in [6.07, 6.45) is 0.843. The molecule has 0 heterocycles. The molecule has 0 bridgehead atoms. The molecule has 2 nitrogen and oxygen atoms in total. The highest BCUT2D eigenvalue weighted by Gasteiger charge is 2.07. The Balaban J connectivity index is 2.23. The Morgan fingerprint density at radius 1 is 1.17 bits per heavy atom. The van der Waals surface area contributed by atoms with Crippen LogP contribution in [-0.2, 0) is 11.3 Å². The Morgan fingerprint density at radius 2 is 1.89 bits per heavy atom. The summed E-state index contributed by atoms with van der Waals surface area (Å²) in [6.45, 7) is 2.49. The zero-order chi connectivity index (χ0) is 13.0. The smallest absolute Gasteiger partial charge is 0.214 e. The normalized spacial score (nSPS) is 10.1. The Bertz CT molecular complexity index is 539. The second-order valence-electron chi connectivity index (χ2n) is 4.15. The van der Waals surface area contributed by atoms with E-state index in [0.717, 1.165) is 23.2 Å². The molecule has 1 amide bonds. The number of hydrogen-bond acceptors (Lipinski definition) is 1. The van der Waals surface area contributed by atoms with Gasteiger partial charge in [-0.2, -0.15) is 0 Å². The van der Waals surface area contributed by atoms with Crippen LogP contribution >= 0.6 is 11.6 Å². The molecule has 0 aromatic heterocycles. The van der Waals surface area contributed by atoms with E-state index < -0.39 is 0 Å². The molecule has 0 saturated carbocycles. The van der Waals surface area contributed by atoms with E-state index in [1.807, 2.05) is 55.5 Å². The molecule has 0 N–H and O–H groups in total. The third-order valence-electron chi connectivity index (χ3n) is 2.80. The molecular formula is C15H14ClNO. The molecule has 0 fully saturated rings. The van der Waals surface area contributed by atoms with Gasteiger partial charge in [0.2, 0.25) is 6.41 Å². The van der Waals surface area contributed by atoms with Gasteiger partial charge in [0.05, 0.1) is 6.54 Å². The average Bonchev–Trinajstić information content (AvgIpc) is 2.40. The largest absolute Gasteiger partial charge is 0.311 e. The van der Waals surface area contributed by atoms with Gasteiger partial charge in [0, 0.05) is 10.7 Å². The maximum Gasteiger partial charge on any atom is 0.214 e. The highest BCUT2D eigenvalue weighted by molar-refractivity contribution is 6.31. The first kappa shape index (κ1) is 12.7. The highest BCUT2D eigenvalue weighted by atomic mass is 35.5. The lowest BCUT2D eigenvalue weighted by molar-refractivity contribution is -0.107. The summed E-state index contributed by atoms with van der Waals surface area (Å²) < 4.78 is 0. The van der Waals surface area contributed by atoms with Gasteiger partial charge < -0.3 is 4.90 Å². The van der Waals surface area contributed by atoms with Gasteiger partial charge in [0.25, 0.3) is 0 Å². The van der Waals surface area contributed by atoms with Crippen LogP contribution in [0.25, 0.3) is 0 Å². The molecule has 0 spiro atoms. The number of anilines is 1. The number of carbonyl (C=O) groups excluding carboxylic acids is 1. The summed E-state index contributed by atoms with van der Waals surface area (Å²) in [5.74, 6) is 0. The fraction of sp³-hybridized carbons (Fsp3) is 0.133. The minimum absolute atomic E-state index is 0.561. The summed E-state index contributed by atoms with van der Waals surface area (Å²) in [7, 11) is 0. The molecule has 0 saturated heterocycles. The van der Waals surface area contributed by atoms with Crippen molar-refractivity contribution in [1.29, 1.82) is 0 Å². The maximum atomic E-state index is 11.2. The molecule has 0 atom stereocenters. The molecule has 0 unspecified atom stereocenters. The van der Waals surface area contributed by atoms with E-state index in [9.17, 15) is 4.79 Å². The zero-order valence-electron chi connectivity index (χ0n) is 10.1. The first-order chi connectivity index (χ1) is 8.70. The molecule has 18 heavy (non-hydrogen) atoms. The lowest BCUT2D eigenvalue weighted by atomic mass is 10.1. The van der Waals surface area contributed by atoms with Crippen LogP contribution in [0.2, 0.25) is 5.02 Å². The summed E-state index contributed by atoms with van der Waals surface area (Å²) in [4.78, 5) is 12.9. The Morgan fingerprint density at radius 3 is 2.50 bits per heavy atom. The third kappa shape index (κ3) is 2.90. The minimum atomic E-state index is 0.561. The number of amides is 1. The monoisotopic (exact) mass is 259 g/mol. The van der Waals surface area contributed by atoms with Crippen molar-refractivity contribution in [2.75, 3.05) is 4.90 Å². The van der Waals surface area contributed by atoms with E-state index in [2.05, 4.69) is 0 Å². The molecular weight excluding hydrogens is 246 g/mol. The predicted octanol–water partition coefficient (Wildman–Crippen LogP) is 3.81. The van der Waals surface area contributed by atoms with Crippen LogP contribution in [0.3, 0.4) is 0 Å². The molecule has 3 heteroatoms. The van der Waals surface area contributed by atoms with Gasteiger partial charge >= 0.3 is 0 Å². The topological polar surface area (TPSA) is 20.3 Å². The number of hydrogen-bond donors (Lipinski definition) is 0. The average molecular weight is 260 g/mol. The van der Waals surface area contributed by atoms with Gasteiger partial charge in [-0.15, -0.1) is 0 Å². The standard InChI is InChI=1S/C15H14ClNO/c1-12-9-14(7-8-15(12)16)17(11-18)10-13-5-3-2-4-6-13/h2-9,11H,10H2,1H3. The quantitative estimate of drug-likeness (QED) is 0.765. The fourth-order valence-corrected chi connectivity index (χ4v) is 1.89. The number of nitrogens with zero attached hydrogens (tertiary/aromatic N) is 1. The second kappa shape index (κ2) is 5.69. The van der Waals surface area contributed by atoms with Crippen molar-refractivity contribution in [1.82, 2.24) is 0 Å². The summed E-state index contributed by atoms with van der Waals surface area (Å²) in [6, 6.07) is 15.5. The maximum absolute atomic E-state index is 11.2. The van der Waals surface area contributed by atoms with Gasteiger partial charge in [0.1, 0.15) is 0 Å². The molecule has 0 radical (unpaired) electrons. The Kier molecular flexibility index (Phi) is 4.00. The van der Waals surface area contributed by atoms with Crippen LogP contribution in [0.1, 0.15) is 11.1 Å². The summed E-state index contributed by atoms with van der Waals surface area (Å²) >= 11 is 5.98. The van der Waals surface area contributed by atoms with Crippen molar-refractivity contribution in [3.05, 3.63) is 64.7 Å². The molecule has 92 valence electrons. The van der Waals surface area contributed by atoms with Crippen LogP contribution in [0.4, 0.5) is 5.69 Å². The van der Waals surface area contributed by atoms with Crippen molar-refractivity contribution in [2.45, 2.75) is 13.5 Å². The van der Waals surface area contributed by atoms with E-state index in [1.165, 1.54) is 0 Å². The summed E-state index contributed by atoms with van der Waals surface area (Å²) in [5.41, 5.74) is 2.92. The van der Waals surface area contributed by atoms with E-state index in [4.69, 9.17) is 11.6 Å². The van der Waals surface area contributed by atoms with Crippen molar-refractivity contribution >= 4 is 23.7 Å². The lowest BCUT2D eigenvalue weighted by Gasteiger charge is -2.18. The van der Waals surface area contributed by atoms with Gasteiger partial charge in [-0.3, -0.25) is 4.79 Å². The van der Waals surface area contributed by atoms with E-state index >= 15 is 0 Å². The zero-order valence-corrected chi connectivity index (χ0v) is 10.9. The van der Waals surface area contributed by atoms with E-state index in [0.29, 0.717) is 11.6 Å². The number of halogens is 1. The lowest BCUT2D eigenvalue weighted by Crippen LogP contribution is -2.20. The molecule has 2 rings (SSSR count). The van der Waals surface area contributed by atoms with Crippen LogP contribution < -0.4 is 4.90 Å². The van der Waals surface area contributed by atoms with Crippen molar-refractivity contribution < 1.29 is 4.79 Å². The Labute approximate surface area is 112 Å². The van der Waals surface area contributed by atoms with Gasteiger partial charge in [-0.05, 0) is 36.2 Å². The molecule has 2 aromatic carbocycles. The summed E-state index contributed by atoms with van der Waals surface area (Å²) in [5, 5.41) is 0.712. The number of aryl methyl sites for hydroxylation is 1. The van der Waals surface area contributed by atoms with Crippen molar-refractivity contribution in [2.24, 2.45) is 0 Å². The fourth-order valence-electron chi connectivity index (χ4n) is 1.78. The molecule has 0 aliphatic carbocycles. The van der Waals surface area contributed by atoms with Crippen molar-refractivity contribution in [3.63, 3.8) is 0 Å². The number of carbonyl (C=O) groups is 1.